The molecule has 0 aliphatic heterocycles. The van der Waals surface area contributed by atoms with Gasteiger partial charge in [-0.3, -0.25) is 0 Å². The molecule has 15 heavy (non-hydrogen) atoms. The first-order valence-electron chi connectivity index (χ1n) is 4.22. The fourth-order valence-electron chi connectivity index (χ4n) is 1.44. The van der Waals surface area contributed by atoms with Crippen LogP contribution < -0.4 is 0 Å². The first-order chi connectivity index (χ1) is 7.15. The van der Waals surface area contributed by atoms with Gasteiger partial charge in [-0.25, -0.2) is 9.18 Å². The lowest BCUT2D eigenvalue weighted by molar-refractivity contribution is 0.0592. The van der Waals surface area contributed by atoms with E-state index >= 15 is 0 Å². The van der Waals surface area contributed by atoms with Crippen LogP contribution in [0.1, 0.15) is 10.5 Å². The highest BCUT2D eigenvalue weighted by molar-refractivity contribution is 6.00. The summed E-state index contributed by atoms with van der Waals surface area (Å²) in [5.74, 6) is -1.74. The van der Waals surface area contributed by atoms with Crippen LogP contribution in [-0.4, -0.2) is 23.2 Å². The van der Waals surface area contributed by atoms with Crippen molar-refractivity contribution < 1.29 is 19.0 Å². The third kappa shape index (κ3) is 1.32. The van der Waals surface area contributed by atoms with Crippen LogP contribution in [0.4, 0.5) is 4.39 Å². The molecule has 2 rings (SSSR count). The number of carbonyl (C=O) groups excluding carboxylic acids is 1. The van der Waals surface area contributed by atoms with Gasteiger partial charge in [0.1, 0.15) is 5.82 Å². The van der Waals surface area contributed by atoms with Gasteiger partial charge in [0.15, 0.2) is 11.4 Å². The average molecular weight is 209 g/mol. The van der Waals surface area contributed by atoms with E-state index in [1.807, 2.05) is 0 Å². The fraction of sp³-hybridized carbons (Fsp3) is 0.100. The molecule has 1 aromatic heterocycles. The van der Waals surface area contributed by atoms with Gasteiger partial charge in [0.25, 0.3) is 0 Å². The Hall–Kier alpha value is -2.04. The molecule has 0 saturated carbocycles. The summed E-state index contributed by atoms with van der Waals surface area (Å²) in [6.45, 7) is 0. The summed E-state index contributed by atoms with van der Waals surface area (Å²) >= 11 is 0. The summed E-state index contributed by atoms with van der Waals surface area (Å²) in [6, 6.07) is 4.25. The molecule has 0 spiro atoms. The van der Waals surface area contributed by atoms with Crippen molar-refractivity contribution in [2.75, 3.05) is 7.11 Å². The molecule has 2 aromatic rings. The van der Waals surface area contributed by atoms with Crippen molar-refractivity contribution in [3.63, 3.8) is 0 Å². The zero-order chi connectivity index (χ0) is 11.0. The topological polar surface area (TPSA) is 62.3 Å². The molecule has 2 N–H and O–H groups in total. The lowest BCUT2D eigenvalue weighted by Crippen LogP contribution is -2.01. The number of fused-ring (bicyclic) bond motifs is 1. The Labute approximate surface area is 84.3 Å². The Kier molecular flexibility index (Phi) is 2.07. The second-order valence-electron chi connectivity index (χ2n) is 3.00. The van der Waals surface area contributed by atoms with E-state index in [-0.39, 0.29) is 11.1 Å². The highest BCUT2D eigenvalue weighted by atomic mass is 19.1. The van der Waals surface area contributed by atoms with E-state index in [0.717, 1.165) is 0 Å². The number of nitrogens with one attached hydrogen (secondary N) is 1. The van der Waals surface area contributed by atoms with Gasteiger partial charge in [0.05, 0.1) is 18.0 Å². The smallest absolute Gasteiger partial charge is 0.358 e. The molecule has 0 saturated heterocycles. The van der Waals surface area contributed by atoms with E-state index in [2.05, 4.69) is 9.72 Å². The summed E-state index contributed by atoms with van der Waals surface area (Å²) in [5, 5.41) is 9.60. The highest BCUT2D eigenvalue weighted by Gasteiger charge is 2.19. The minimum absolute atomic E-state index is 0.00194. The van der Waals surface area contributed by atoms with Gasteiger partial charge < -0.3 is 14.8 Å². The van der Waals surface area contributed by atoms with E-state index in [9.17, 15) is 14.3 Å². The number of hydrogen-bond acceptors (Lipinski definition) is 3. The molecule has 0 bridgehead atoms. The number of esters is 1. The SMILES string of the molecule is COC(=O)c1[nH]c2cccc(F)c2c1O. The van der Waals surface area contributed by atoms with E-state index in [0.29, 0.717) is 5.52 Å². The van der Waals surface area contributed by atoms with Crippen molar-refractivity contribution in [2.24, 2.45) is 0 Å². The van der Waals surface area contributed by atoms with Crippen molar-refractivity contribution in [3.8, 4) is 5.75 Å². The number of aromatic amines is 1. The zero-order valence-electron chi connectivity index (χ0n) is 7.87. The first kappa shape index (κ1) is 9.51. The molecular formula is C10H8FNO3. The molecule has 0 radical (unpaired) electrons. The van der Waals surface area contributed by atoms with Gasteiger partial charge in [-0.05, 0) is 12.1 Å². The van der Waals surface area contributed by atoms with Crippen LogP contribution in [0, 0.1) is 5.82 Å². The van der Waals surface area contributed by atoms with Crippen LogP contribution in [0.5, 0.6) is 5.75 Å². The Balaban J connectivity index is 2.75. The van der Waals surface area contributed by atoms with Crippen LogP contribution in [0.25, 0.3) is 10.9 Å². The molecule has 1 aromatic carbocycles. The number of methoxy groups -OCH3 is 1. The van der Waals surface area contributed by atoms with Gasteiger partial charge in [-0.2, -0.15) is 0 Å². The number of aromatic nitrogens is 1. The standard InChI is InChI=1S/C10H8FNO3/c1-15-10(14)8-9(13)7-5(11)3-2-4-6(7)12-8/h2-4,12-13H,1H3. The highest BCUT2D eigenvalue weighted by Crippen LogP contribution is 2.31. The molecule has 1 heterocycles. The second kappa shape index (κ2) is 3.27. The number of halogens is 1. The predicted octanol–water partition coefficient (Wildman–Crippen LogP) is 1.80. The molecule has 0 aliphatic carbocycles. The number of hydrogen-bond donors (Lipinski definition) is 2. The molecule has 0 unspecified atom stereocenters. The van der Waals surface area contributed by atoms with Crippen molar-refractivity contribution in [1.29, 1.82) is 0 Å². The quantitative estimate of drug-likeness (QED) is 0.704. The van der Waals surface area contributed by atoms with Gasteiger partial charge in [0, 0.05) is 0 Å². The maximum Gasteiger partial charge on any atom is 0.358 e. The number of benzene rings is 1. The van der Waals surface area contributed by atoms with E-state index in [1.54, 1.807) is 6.07 Å². The van der Waals surface area contributed by atoms with Crippen molar-refractivity contribution in [3.05, 3.63) is 29.7 Å². The second-order valence-corrected chi connectivity index (χ2v) is 3.00. The third-order valence-electron chi connectivity index (χ3n) is 2.14. The Morgan fingerprint density at radius 1 is 1.53 bits per heavy atom. The fourth-order valence-corrected chi connectivity index (χ4v) is 1.44. The number of ether oxygens (including phenoxy) is 1. The van der Waals surface area contributed by atoms with Crippen LogP contribution in [0.15, 0.2) is 18.2 Å². The Bertz CT molecular complexity index is 533. The Morgan fingerprint density at radius 3 is 2.87 bits per heavy atom. The Morgan fingerprint density at radius 2 is 2.27 bits per heavy atom. The van der Waals surface area contributed by atoms with Gasteiger partial charge in [-0.15, -0.1) is 0 Å². The van der Waals surface area contributed by atoms with Crippen molar-refractivity contribution >= 4 is 16.9 Å². The van der Waals surface area contributed by atoms with Gasteiger partial charge in [-0.1, -0.05) is 6.07 Å². The molecule has 0 atom stereocenters. The third-order valence-corrected chi connectivity index (χ3v) is 2.14. The van der Waals surface area contributed by atoms with Crippen LogP contribution >= 0.6 is 0 Å². The monoisotopic (exact) mass is 209 g/mol. The molecular weight excluding hydrogens is 201 g/mol. The summed E-state index contributed by atoms with van der Waals surface area (Å²) in [4.78, 5) is 13.8. The lowest BCUT2D eigenvalue weighted by Gasteiger charge is -1.95. The van der Waals surface area contributed by atoms with Crippen LogP contribution in [0.2, 0.25) is 0 Å². The number of aromatic hydroxyl groups is 1. The molecule has 78 valence electrons. The maximum atomic E-state index is 13.3. The first-order valence-corrected chi connectivity index (χ1v) is 4.22. The average Bonchev–Trinajstić information content (AvgIpc) is 2.56. The molecule has 0 fully saturated rings. The lowest BCUT2D eigenvalue weighted by atomic mass is 10.2. The largest absolute Gasteiger partial charge is 0.505 e. The summed E-state index contributed by atoms with van der Waals surface area (Å²) < 4.78 is 17.7. The van der Waals surface area contributed by atoms with Gasteiger partial charge in [0.2, 0.25) is 0 Å². The predicted molar refractivity (Wildman–Crippen MR) is 51.3 cm³/mol. The summed E-state index contributed by atoms with van der Waals surface area (Å²) in [5.41, 5.74) is 0.213. The van der Waals surface area contributed by atoms with Gasteiger partial charge >= 0.3 is 5.97 Å². The van der Waals surface area contributed by atoms with Crippen LogP contribution in [-0.2, 0) is 4.74 Å². The zero-order valence-corrected chi connectivity index (χ0v) is 7.87. The van der Waals surface area contributed by atoms with Crippen LogP contribution in [0.3, 0.4) is 0 Å². The normalized spacial score (nSPS) is 10.5. The maximum absolute atomic E-state index is 13.3. The molecule has 4 nitrogen and oxygen atoms in total. The van der Waals surface area contributed by atoms with E-state index in [4.69, 9.17) is 0 Å². The minimum Gasteiger partial charge on any atom is -0.505 e. The number of H-pyrrole nitrogens is 1. The molecule has 5 heteroatoms. The summed E-state index contributed by atoms with van der Waals surface area (Å²) in [7, 11) is 1.18. The number of carbonyl (C=O) groups is 1. The van der Waals surface area contributed by atoms with Crippen molar-refractivity contribution in [2.45, 2.75) is 0 Å². The minimum atomic E-state index is -0.733. The van der Waals surface area contributed by atoms with E-state index < -0.39 is 17.5 Å². The molecule has 0 amide bonds. The summed E-state index contributed by atoms with van der Waals surface area (Å²) in [6.07, 6.45) is 0. The van der Waals surface area contributed by atoms with E-state index in [1.165, 1.54) is 19.2 Å². The molecule has 0 aliphatic rings. The van der Waals surface area contributed by atoms with Crippen molar-refractivity contribution in [1.82, 2.24) is 4.98 Å². The number of rotatable bonds is 1.